The Kier molecular flexibility index (Phi) is 4.60. The van der Waals surface area contributed by atoms with Gasteiger partial charge in [-0.3, -0.25) is 4.79 Å². The molecular formula is C14H20N2O5S. The summed E-state index contributed by atoms with van der Waals surface area (Å²) in [4.78, 5) is 23.2. The maximum absolute atomic E-state index is 12.2. The Morgan fingerprint density at radius 2 is 2.09 bits per heavy atom. The zero-order valence-electron chi connectivity index (χ0n) is 12.8. The SMILES string of the molecule is COC(=O)c1cc(S(=O)(=O)NC(=O)CC(C)C2CC2)cn1C. The van der Waals surface area contributed by atoms with Crippen molar-refractivity contribution in [1.29, 1.82) is 0 Å². The molecule has 7 nitrogen and oxygen atoms in total. The predicted octanol–water partition coefficient (Wildman–Crippen LogP) is 1.05. The summed E-state index contributed by atoms with van der Waals surface area (Å²) in [7, 11) is -1.24. The first-order valence-corrected chi connectivity index (χ1v) is 8.53. The van der Waals surface area contributed by atoms with Crippen LogP contribution in [0.3, 0.4) is 0 Å². The average Bonchev–Trinajstić information content (AvgIpc) is 3.20. The lowest BCUT2D eigenvalue weighted by Crippen LogP contribution is -2.31. The van der Waals surface area contributed by atoms with E-state index in [1.165, 1.54) is 31.0 Å². The summed E-state index contributed by atoms with van der Waals surface area (Å²) in [6.07, 6.45) is 3.65. The second kappa shape index (κ2) is 6.12. The van der Waals surface area contributed by atoms with Crippen LogP contribution in [0.2, 0.25) is 0 Å². The fourth-order valence-corrected chi connectivity index (χ4v) is 3.43. The van der Waals surface area contributed by atoms with Gasteiger partial charge in [0.05, 0.1) is 7.11 Å². The maximum Gasteiger partial charge on any atom is 0.354 e. The van der Waals surface area contributed by atoms with Crippen molar-refractivity contribution in [3.05, 3.63) is 18.0 Å². The van der Waals surface area contributed by atoms with Crippen molar-refractivity contribution in [3.8, 4) is 0 Å². The lowest BCUT2D eigenvalue weighted by atomic mass is 10.0. The van der Waals surface area contributed by atoms with E-state index in [-0.39, 0.29) is 22.9 Å². The van der Waals surface area contributed by atoms with E-state index < -0.39 is 21.9 Å². The molecule has 1 unspecified atom stereocenters. The molecule has 1 fully saturated rings. The van der Waals surface area contributed by atoms with E-state index in [4.69, 9.17) is 0 Å². The zero-order chi connectivity index (χ0) is 16.5. The van der Waals surface area contributed by atoms with E-state index in [0.717, 1.165) is 12.8 Å². The summed E-state index contributed by atoms with van der Waals surface area (Å²) in [5.74, 6) is -0.465. The van der Waals surface area contributed by atoms with Crippen molar-refractivity contribution in [2.45, 2.75) is 31.1 Å². The van der Waals surface area contributed by atoms with Crippen LogP contribution in [0.25, 0.3) is 0 Å². The molecule has 0 saturated heterocycles. The number of nitrogens with one attached hydrogen (secondary N) is 1. The van der Waals surface area contributed by atoms with E-state index in [1.807, 2.05) is 6.92 Å². The number of ether oxygens (including phenoxy) is 1. The Morgan fingerprint density at radius 3 is 2.64 bits per heavy atom. The number of methoxy groups -OCH3 is 1. The third-order valence-electron chi connectivity index (χ3n) is 3.87. The van der Waals surface area contributed by atoms with Gasteiger partial charge in [-0.15, -0.1) is 0 Å². The molecule has 8 heteroatoms. The fourth-order valence-electron chi connectivity index (χ4n) is 2.36. The number of carbonyl (C=O) groups is 2. The standard InChI is InChI=1S/C14H20N2O5S/c1-9(10-4-5-10)6-13(17)15-22(19,20)11-7-12(14(18)21-3)16(2)8-11/h7-10H,4-6H2,1-3H3,(H,15,17). The van der Waals surface area contributed by atoms with E-state index in [1.54, 1.807) is 0 Å². The highest BCUT2D eigenvalue weighted by molar-refractivity contribution is 7.90. The number of aromatic nitrogens is 1. The summed E-state index contributed by atoms with van der Waals surface area (Å²) in [6.45, 7) is 1.95. The normalized spacial score (nSPS) is 16.1. The first kappa shape index (κ1) is 16.5. The summed E-state index contributed by atoms with van der Waals surface area (Å²) >= 11 is 0. The van der Waals surface area contributed by atoms with Gasteiger partial charge in [0.1, 0.15) is 10.6 Å². The minimum atomic E-state index is -3.98. The van der Waals surface area contributed by atoms with Crippen molar-refractivity contribution in [2.75, 3.05) is 7.11 Å². The molecule has 0 aliphatic heterocycles. The number of hydrogen-bond acceptors (Lipinski definition) is 5. The molecule has 122 valence electrons. The van der Waals surface area contributed by atoms with Crippen molar-refractivity contribution in [3.63, 3.8) is 0 Å². The fraction of sp³-hybridized carbons (Fsp3) is 0.571. The number of aryl methyl sites for hydroxylation is 1. The predicted molar refractivity (Wildman–Crippen MR) is 78.6 cm³/mol. The summed E-state index contributed by atoms with van der Waals surface area (Å²) < 4.78 is 32.3. The molecule has 1 amide bonds. The third-order valence-corrected chi connectivity index (χ3v) is 5.21. The van der Waals surface area contributed by atoms with Crippen LogP contribution in [0.5, 0.6) is 0 Å². The highest BCUT2D eigenvalue weighted by atomic mass is 32.2. The van der Waals surface area contributed by atoms with Crippen LogP contribution in [0, 0.1) is 11.8 Å². The first-order valence-electron chi connectivity index (χ1n) is 7.05. The molecule has 1 heterocycles. The molecule has 22 heavy (non-hydrogen) atoms. The Labute approximate surface area is 129 Å². The van der Waals surface area contributed by atoms with Gasteiger partial charge >= 0.3 is 5.97 Å². The van der Waals surface area contributed by atoms with Crippen LogP contribution in [-0.2, 0) is 26.6 Å². The molecule has 2 rings (SSSR count). The molecule has 1 aliphatic rings. The third kappa shape index (κ3) is 3.68. The number of rotatable bonds is 6. The zero-order valence-corrected chi connectivity index (χ0v) is 13.6. The second-order valence-corrected chi connectivity index (χ2v) is 7.39. The number of sulfonamides is 1. The van der Waals surface area contributed by atoms with E-state index in [0.29, 0.717) is 5.92 Å². The van der Waals surface area contributed by atoms with E-state index >= 15 is 0 Å². The monoisotopic (exact) mass is 328 g/mol. The van der Waals surface area contributed by atoms with Gasteiger partial charge in [-0.05, 0) is 30.7 Å². The van der Waals surface area contributed by atoms with Crippen molar-refractivity contribution >= 4 is 21.9 Å². The summed E-state index contributed by atoms with van der Waals surface area (Å²) in [5.41, 5.74) is 0.0988. The summed E-state index contributed by atoms with van der Waals surface area (Å²) in [5, 5.41) is 0. The Bertz CT molecular complexity index is 688. The molecule has 0 aromatic carbocycles. The van der Waals surface area contributed by atoms with Crippen LogP contribution >= 0.6 is 0 Å². The van der Waals surface area contributed by atoms with Crippen LogP contribution in [0.15, 0.2) is 17.2 Å². The maximum atomic E-state index is 12.2. The minimum Gasteiger partial charge on any atom is -0.464 e. The highest BCUT2D eigenvalue weighted by Crippen LogP contribution is 2.38. The Hall–Kier alpha value is -1.83. The van der Waals surface area contributed by atoms with Crippen LogP contribution in [-0.4, -0.2) is 32.0 Å². The van der Waals surface area contributed by atoms with E-state index in [2.05, 4.69) is 9.46 Å². The van der Waals surface area contributed by atoms with Gasteiger partial charge < -0.3 is 9.30 Å². The van der Waals surface area contributed by atoms with Gasteiger partial charge in [0, 0.05) is 19.7 Å². The molecule has 0 spiro atoms. The lowest BCUT2D eigenvalue weighted by Gasteiger charge is -2.10. The quantitative estimate of drug-likeness (QED) is 0.788. The van der Waals surface area contributed by atoms with Crippen molar-refractivity contribution in [2.24, 2.45) is 18.9 Å². The topological polar surface area (TPSA) is 94.5 Å². The lowest BCUT2D eigenvalue weighted by molar-refractivity contribution is -0.120. The van der Waals surface area contributed by atoms with Gasteiger partial charge in [-0.25, -0.2) is 17.9 Å². The number of nitrogens with zero attached hydrogens (tertiary/aromatic N) is 1. The molecule has 1 atom stereocenters. The van der Waals surface area contributed by atoms with Crippen LogP contribution < -0.4 is 4.72 Å². The average molecular weight is 328 g/mol. The highest BCUT2D eigenvalue weighted by Gasteiger charge is 2.30. The first-order chi connectivity index (χ1) is 10.2. The number of hydrogen-bond donors (Lipinski definition) is 1. The molecular weight excluding hydrogens is 308 g/mol. The van der Waals surface area contributed by atoms with Gasteiger partial charge in [0.25, 0.3) is 10.0 Å². The second-order valence-electron chi connectivity index (χ2n) is 5.71. The molecule has 1 N–H and O–H groups in total. The number of esters is 1. The van der Waals surface area contributed by atoms with Crippen LogP contribution in [0.1, 0.15) is 36.7 Å². The molecule has 1 saturated carbocycles. The van der Waals surface area contributed by atoms with Crippen LogP contribution in [0.4, 0.5) is 0 Å². The molecule has 0 radical (unpaired) electrons. The number of amides is 1. The van der Waals surface area contributed by atoms with Crippen molar-refractivity contribution in [1.82, 2.24) is 9.29 Å². The van der Waals surface area contributed by atoms with Gasteiger partial charge in [0.15, 0.2) is 0 Å². The van der Waals surface area contributed by atoms with Gasteiger partial charge in [0.2, 0.25) is 5.91 Å². The molecule has 1 aromatic heterocycles. The molecule has 1 aliphatic carbocycles. The molecule has 1 aromatic rings. The smallest absolute Gasteiger partial charge is 0.354 e. The summed E-state index contributed by atoms with van der Waals surface area (Å²) in [6, 6.07) is 1.19. The minimum absolute atomic E-state index is 0.0988. The number of carbonyl (C=O) groups excluding carboxylic acids is 2. The van der Waals surface area contributed by atoms with Gasteiger partial charge in [-0.2, -0.15) is 0 Å². The molecule has 0 bridgehead atoms. The van der Waals surface area contributed by atoms with E-state index in [9.17, 15) is 18.0 Å². The largest absolute Gasteiger partial charge is 0.464 e. The van der Waals surface area contributed by atoms with Crippen molar-refractivity contribution < 1.29 is 22.7 Å². The Balaban J connectivity index is 2.09. The van der Waals surface area contributed by atoms with Gasteiger partial charge in [-0.1, -0.05) is 6.92 Å². The Morgan fingerprint density at radius 1 is 1.45 bits per heavy atom.